The van der Waals surface area contributed by atoms with E-state index in [0.717, 1.165) is 12.5 Å². The van der Waals surface area contributed by atoms with Gasteiger partial charge in [-0.25, -0.2) is 4.39 Å². The van der Waals surface area contributed by atoms with E-state index >= 15 is 0 Å². The van der Waals surface area contributed by atoms with Crippen molar-refractivity contribution in [2.45, 2.75) is 32.8 Å². The van der Waals surface area contributed by atoms with E-state index in [1.54, 1.807) is 6.92 Å². The fourth-order valence-electron chi connectivity index (χ4n) is 1.64. The van der Waals surface area contributed by atoms with Gasteiger partial charge in [0.25, 0.3) is 5.91 Å². The van der Waals surface area contributed by atoms with Crippen LogP contribution in [0.2, 0.25) is 5.02 Å². The molecule has 0 fully saturated rings. The number of carbonyl (C=O) groups excluding carboxylic acids is 1. The molecule has 2 atom stereocenters. The molecule has 2 N–H and O–H groups in total. The quantitative estimate of drug-likeness (QED) is 0.875. The van der Waals surface area contributed by atoms with Crippen molar-refractivity contribution in [3.63, 3.8) is 0 Å². The summed E-state index contributed by atoms with van der Waals surface area (Å²) in [6.07, 6.45) is 0.806. The zero-order valence-electron chi connectivity index (χ0n) is 11.3. The molecular formula is C14H19ClFNO2. The third-order valence-corrected chi connectivity index (χ3v) is 3.77. The number of aliphatic hydroxyl groups is 1. The van der Waals surface area contributed by atoms with Crippen LogP contribution in [0.15, 0.2) is 18.2 Å². The molecule has 0 aromatic heterocycles. The normalized spacial score (nSPS) is 15.7. The molecule has 0 bridgehead atoms. The fourth-order valence-corrected chi connectivity index (χ4v) is 1.90. The first-order chi connectivity index (χ1) is 8.77. The van der Waals surface area contributed by atoms with Gasteiger partial charge >= 0.3 is 0 Å². The van der Waals surface area contributed by atoms with Crippen LogP contribution in [0.25, 0.3) is 0 Å². The number of nitrogens with one attached hydrogen (secondary N) is 1. The Kier molecular flexibility index (Phi) is 5.32. The zero-order chi connectivity index (χ0) is 14.6. The summed E-state index contributed by atoms with van der Waals surface area (Å²) in [4.78, 5) is 11.9. The first kappa shape index (κ1) is 15.9. The van der Waals surface area contributed by atoms with Crippen LogP contribution in [0, 0.1) is 11.7 Å². The minimum absolute atomic E-state index is 0.0523. The van der Waals surface area contributed by atoms with Crippen LogP contribution < -0.4 is 5.32 Å². The molecule has 106 valence electrons. The monoisotopic (exact) mass is 287 g/mol. The number of benzene rings is 1. The average molecular weight is 288 g/mol. The lowest BCUT2D eigenvalue weighted by Crippen LogP contribution is -2.45. The topological polar surface area (TPSA) is 49.3 Å². The van der Waals surface area contributed by atoms with Crippen molar-refractivity contribution in [2.24, 2.45) is 5.92 Å². The number of carbonyl (C=O) groups is 1. The van der Waals surface area contributed by atoms with Gasteiger partial charge in [0.2, 0.25) is 0 Å². The van der Waals surface area contributed by atoms with Gasteiger partial charge in [-0.2, -0.15) is 0 Å². The predicted molar refractivity (Wildman–Crippen MR) is 73.8 cm³/mol. The van der Waals surface area contributed by atoms with Crippen molar-refractivity contribution in [1.82, 2.24) is 5.32 Å². The Bertz CT molecular complexity index is 463. The molecule has 0 heterocycles. The van der Waals surface area contributed by atoms with Crippen LogP contribution >= 0.6 is 11.6 Å². The highest BCUT2D eigenvalue weighted by Crippen LogP contribution is 2.20. The van der Waals surface area contributed by atoms with Gasteiger partial charge in [-0.3, -0.25) is 4.79 Å². The van der Waals surface area contributed by atoms with E-state index in [9.17, 15) is 14.3 Å². The summed E-state index contributed by atoms with van der Waals surface area (Å²) in [5, 5.41) is 12.9. The highest BCUT2D eigenvalue weighted by molar-refractivity contribution is 6.33. The minimum atomic E-state index is -0.989. The number of rotatable bonds is 5. The van der Waals surface area contributed by atoms with Gasteiger partial charge in [-0.1, -0.05) is 31.9 Å². The summed E-state index contributed by atoms with van der Waals surface area (Å²) >= 11 is 5.80. The van der Waals surface area contributed by atoms with Crippen molar-refractivity contribution < 1.29 is 14.3 Å². The van der Waals surface area contributed by atoms with Crippen LogP contribution in [0.3, 0.4) is 0 Å². The molecule has 5 heteroatoms. The summed E-state index contributed by atoms with van der Waals surface area (Å²) in [5.41, 5.74) is -0.792. The van der Waals surface area contributed by atoms with Gasteiger partial charge in [0.15, 0.2) is 0 Å². The Hall–Kier alpha value is -1.13. The van der Waals surface area contributed by atoms with Crippen molar-refractivity contribution in [1.29, 1.82) is 0 Å². The molecule has 1 rings (SSSR count). The van der Waals surface area contributed by atoms with Gasteiger partial charge in [0.05, 0.1) is 16.2 Å². The van der Waals surface area contributed by atoms with E-state index < -0.39 is 17.3 Å². The second-order valence-electron chi connectivity index (χ2n) is 4.97. The smallest absolute Gasteiger partial charge is 0.252 e. The lowest BCUT2D eigenvalue weighted by atomic mass is 9.88. The Morgan fingerprint density at radius 3 is 2.74 bits per heavy atom. The molecule has 1 aromatic carbocycles. The lowest BCUT2D eigenvalue weighted by molar-refractivity contribution is 0.00592. The minimum Gasteiger partial charge on any atom is -0.388 e. The third-order valence-electron chi connectivity index (χ3n) is 3.46. The van der Waals surface area contributed by atoms with Crippen LogP contribution in [-0.4, -0.2) is 23.2 Å². The molecule has 3 nitrogen and oxygen atoms in total. The van der Waals surface area contributed by atoms with Gasteiger partial charge in [0.1, 0.15) is 5.82 Å². The highest BCUT2D eigenvalue weighted by atomic mass is 35.5. The summed E-state index contributed by atoms with van der Waals surface area (Å²) in [6.45, 7) is 5.68. The van der Waals surface area contributed by atoms with Gasteiger partial charge in [-0.05, 0) is 31.0 Å². The molecule has 1 amide bonds. The van der Waals surface area contributed by atoms with Gasteiger partial charge in [-0.15, -0.1) is 0 Å². The van der Waals surface area contributed by atoms with Crippen molar-refractivity contribution in [3.8, 4) is 0 Å². The molecule has 2 unspecified atom stereocenters. The van der Waals surface area contributed by atoms with E-state index in [4.69, 9.17) is 11.6 Å². The molecular weight excluding hydrogens is 269 g/mol. The van der Waals surface area contributed by atoms with E-state index in [0.29, 0.717) is 0 Å². The van der Waals surface area contributed by atoms with Crippen molar-refractivity contribution >= 4 is 17.5 Å². The summed E-state index contributed by atoms with van der Waals surface area (Å²) < 4.78 is 12.9. The van der Waals surface area contributed by atoms with Crippen LogP contribution in [0.5, 0.6) is 0 Å². The molecule has 1 aromatic rings. The Morgan fingerprint density at radius 2 is 2.21 bits per heavy atom. The largest absolute Gasteiger partial charge is 0.388 e. The first-order valence-electron chi connectivity index (χ1n) is 6.23. The summed E-state index contributed by atoms with van der Waals surface area (Å²) in [7, 11) is 0. The average Bonchev–Trinajstić information content (AvgIpc) is 2.35. The summed E-state index contributed by atoms with van der Waals surface area (Å²) in [5.74, 6) is -0.863. The van der Waals surface area contributed by atoms with E-state index in [1.165, 1.54) is 12.1 Å². The SMILES string of the molecule is CCC(C)C(C)(O)CNC(=O)c1ccc(F)cc1Cl. The maximum atomic E-state index is 12.9. The fraction of sp³-hybridized carbons (Fsp3) is 0.500. The molecule has 0 aliphatic carbocycles. The predicted octanol–water partition coefficient (Wildman–Crippen LogP) is 3.01. The molecule has 0 aliphatic rings. The maximum Gasteiger partial charge on any atom is 0.252 e. The molecule has 0 saturated carbocycles. The lowest BCUT2D eigenvalue weighted by Gasteiger charge is -2.29. The second-order valence-corrected chi connectivity index (χ2v) is 5.38. The van der Waals surface area contributed by atoms with E-state index in [-0.39, 0.29) is 23.0 Å². The number of amides is 1. The van der Waals surface area contributed by atoms with Gasteiger partial charge < -0.3 is 10.4 Å². The third kappa shape index (κ3) is 4.18. The highest BCUT2D eigenvalue weighted by Gasteiger charge is 2.27. The molecule has 19 heavy (non-hydrogen) atoms. The van der Waals surface area contributed by atoms with E-state index in [2.05, 4.69) is 5.32 Å². The zero-order valence-corrected chi connectivity index (χ0v) is 12.1. The number of halogens is 2. The number of hydrogen-bond donors (Lipinski definition) is 2. The number of hydrogen-bond acceptors (Lipinski definition) is 2. The Labute approximate surface area is 117 Å². The first-order valence-corrected chi connectivity index (χ1v) is 6.61. The van der Waals surface area contributed by atoms with Crippen molar-refractivity contribution in [3.05, 3.63) is 34.6 Å². The molecule has 0 aliphatic heterocycles. The molecule has 0 spiro atoms. The summed E-state index contributed by atoms with van der Waals surface area (Å²) in [6, 6.07) is 3.59. The Morgan fingerprint density at radius 1 is 1.58 bits per heavy atom. The van der Waals surface area contributed by atoms with Crippen molar-refractivity contribution in [2.75, 3.05) is 6.54 Å². The van der Waals surface area contributed by atoms with E-state index in [1.807, 2.05) is 13.8 Å². The van der Waals surface area contributed by atoms with Crippen LogP contribution in [-0.2, 0) is 0 Å². The van der Waals surface area contributed by atoms with Crippen LogP contribution in [0.1, 0.15) is 37.6 Å². The van der Waals surface area contributed by atoms with Gasteiger partial charge in [0, 0.05) is 6.54 Å². The molecule has 0 saturated heterocycles. The standard InChI is InChI=1S/C14H19ClFNO2/c1-4-9(2)14(3,19)8-17-13(18)11-6-5-10(16)7-12(11)15/h5-7,9,19H,4,8H2,1-3H3,(H,17,18). The van der Waals surface area contributed by atoms with Crippen LogP contribution in [0.4, 0.5) is 4.39 Å². The Balaban J connectivity index is 2.70. The second kappa shape index (κ2) is 6.35. The molecule has 0 radical (unpaired) electrons. The maximum absolute atomic E-state index is 12.9.